The lowest BCUT2D eigenvalue weighted by atomic mass is 10.00. The van der Waals surface area contributed by atoms with Crippen LogP contribution in [-0.4, -0.2) is 32.9 Å². The van der Waals surface area contributed by atoms with E-state index in [4.69, 9.17) is 0 Å². The van der Waals surface area contributed by atoms with E-state index < -0.39 is 0 Å². The summed E-state index contributed by atoms with van der Waals surface area (Å²) in [7, 11) is 0. The highest BCUT2D eigenvalue weighted by Gasteiger charge is 2.25. The molecule has 0 spiro atoms. The number of carbonyl (C=O) groups is 1. The number of aromatic nitrogens is 2. The largest absolute Gasteiger partial charge is 0.338 e. The van der Waals surface area contributed by atoms with Crippen LogP contribution in [-0.2, 0) is 11.3 Å². The van der Waals surface area contributed by atoms with Gasteiger partial charge < -0.3 is 4.90 Å². The van der Waals surface area contributed by atoms with Crippen LogP contribution in [0.1, 0.15) is 37.5 Å². The Labute approximate surface area is 133 Å². The molecule has 1 amide bonds. The number of aryl methyl sites for hydroxylation is 1. The van der Waals surface area contributed by atoms with Crippen molar-refractivity contribution < 1.29 is 4.79 Å². The number of rotatable bonds is 3. The van der Waals surface area contributed by atoms with E-state index in [0.29, 0.717) is 11.4 Å². The van der Waals surface area contributed by atoms with Crippen molar-refractivity contribution in [1.82, 2.24) is 14.5 Å². The van der Waals surface area contributed by atoms with Gasteiger partial charge in [-0.2, -0.15) is 0 Å². The molecule has 118 valence electrons. The quantitative estimate of drug-likeness (QED) is 0.873. The van der Waals surface area contributed by atoms with Gasteiger partial charge in [-0.25, -0.2) is 4.98 Å². The molecule has 0 aromatic carbocycles. The van der Waals surface area contributed by atoms with Crippen LogP contribution in [0, 0.1) is 6.92 Å². The molecule has 6 heteroatoms. The first-order chi connectivity index (χ1) is 10.6. The molecule has 1 saturated heterocycles. The molecule has 2 aromatic heterocycles. The number of likely N-dealkylation sites (tertiary alicyclic amines) is 1. The summed E-state index contributed by atoms with van der Waals surface area (Å²) >= 11 is 1.51. The van der Waals surface area contributed by atoms with E-state index in [1.165, 1.54) is 28.7 Å². The third-order valence-corrected chi connectivity index (χ3v) is 5.32. The second kappa shape index (κ2) is 6.20. The first-order valence-corrected chi connectivity index (χ1v) is 8.67. The minimum Gasteiger partial charge on any atom is -0.338 e. The Hall–Kier alpha value is -1.69. The van der Waals surface area contributed by atoms with E-state index in [0.717, 1.165) is 35.5 Å². The van der Waals surface area contributed by atoms with Crippen molar-refractivity contribution in [3.8, 4) is 0 Å². The fraction of sp³-hybridized carbons (Fsp3) is 0.562. The lowest BCUT2D eigenvalue weighted by Crippen LogP contribution is -2.45. The Morgan fingerprint density at radius 2 is 2.27 bits per heavy atom. The first kappa shape index (κ1) is 15.2. The molecular formula is C16H21N3O2S. The van der Waals surface area contributed by atoms with Gasteiger partial charge in [0, 0.05) is 17.5 Å². The van der Waals surface area contributed by atoms with Crippen LogP contribution in [0.2, 0.25) is 0 Å². The standard InChI is InChI=1S/C16H21N3O2S/c1-3-12-6-4-5-7-19(12)14(20)9-18-10-17-15-13(16(18)21)8-11(2)22-15/h8,10,12H,3-7,9H2,1-2H3. The molecule has 0 radical (unpaired) electrons. The van der Waals surface area contributed by atoms with E-state index in [1.807, 2.05) is 17.9 Å². The Morgan fingerprint density at radius 1 is 1.45 bits per heavy atom. The summed E-state index contributed by atoms with van der Waals surface area (Å²) in [6.07, 6.45) is 5.78. The summed E-state index contributed by atoms with van der Waals surface area (Å²) in [4.78, 5) is 33.1. The second-order valence-corrected chi connectivity index (χ2v) is 7.13. The van der Waals surface area contributed by atoms with Crippen LogP contribution >= 0.6 is 11.3 Å². The SMILES string of the molecule is CCC1CCCCN1C(=O)Cn1cnc2sc(C)cc2c1=O. The van der Waals surface area contributed by atoms with Crippen LogP contribution < -0.4 is 5.56 Å². The maximum absolute atomic E-state index is 12.6. The van der Waals surface area contributed by atoms with Crippen molar-refractivity contribution in [2.75, 3.05) is 6.54 Å². The fourth-order valence-electron chi connectivity index (χ4n) is 3.18. The minimum absolute atomic E-state index is 0.0294. The van der Waals surface area contributed by atoms with Gasteiger partial charge in [-0.05, 0) is 38.7 Å². The van der Waals surface area contributed by atoms with Crippen LogP contribution in [0.3, 0.4) is 0 Å². The van der Waals surface area contributed by atoms with Gasteiger partial charge in [0.25, 0.3) is 5.56 Å². The van der Waals surface area contributed by atoms with Gasteiger partial charge in [-0.1, -0.05) is 6.92 Å². The van der Waals surface area contributed by atoms with Gasteiger partial charge in [0.2, 0.25) is 5.91 Å². The summed E-state index contributed by atoms with van der Waals surface area (Å²) in [5.41, 5.74) is -0.118. The zero-order chi connectivity index (χ0) is 15.7. The molecule has 0 aliphatic carbocycles. The first-order valence-electron chi connectivity index (χ1n) is 7.85. The Kier molecular flexibility index (Phi) is 4.29. The van der Waals surface area contributed by atoms with Crippen LogP contribution in [0.5, 0.6) is 0 Å². The molecule has 2 aromatic rings. The third kappa shape index (κ3) is 2.79. The monoisotopic (exact) mass is 319 g/mol. The van der Waals surface area contributed by atoms with Crippen molar-refractivity contribution in [3.63, 3.8) is 0 Å². The lowest BCUT2D eigenvalue weighted by Gasteiger charge is -2.35. The average molecular weight is 319 g/mol. The molecule has 1 aliphatic heterocycles. The van der Waals surface area contributed by atoms with E-state index in [2.05, 4.69) is 11.9 Å². The fourth-order valence-corrected chi connectivity index (χ4v) is 4.02. The number of carbonyl (C=O) groups excluding carboxylic acids is 1. The van der Waals surface area contributed by atoms with Crippen molar-refractivity contribution in [3.05, 3.63) is 27.6 Å². The van der Waals surface area contributed by atoms with Crippen molar-refractivity contribution >= 4 is 27.5 Å². The topological polar surface area (TPSA) is 55.2 Å². The predicted molar refractivity (Wildman–Crippen MR) is 88.3 cm³/mol. The molecule has 1 atom stereocenters. The molecule has 3 heterocycles. The van der Waals surface area contributed by atoms with Gasteiger partial charge in [0.15, 0.2) is 0 Å². The number of hydrogen-bond donors (Lipinski definition) is 0. The maximum atomic E-state index is 12.6. The van der Waals surface area contributed by atoms with Gasteiger partial charge in [-0.3, -0.25) is 14.2 Å². The molecule has 3 rings (SSSR count). The molecule has 0 saturated carbocycles. The highest BCUT2D eigenvalue weighted by Crippen LogP contribution is 2.21. The van der Waals surface area contributed by atoms with E-state index in [9.17, 15) is 9.59 Å². The van der Waals surface area contributed by atoms with Crippen LogP contribution in [0.15, 0.2) is 17.2 Å². The minimum atomic E-state index is -0.118. The highest BCUT2D eigenvalue weighted by atomic mass is 32.1. The summed E-state index contributed by atoms with van der Waals surface area (Å²) in [6, 6.07) is 2.17. The molecule has 1 fully saturated rings. The zero-order valence-corrected chi connectivity index (χ0v) is 13.9. The smallest absolute Gasteiger partial charge is 0.262 e. The average Bonchev–Trinajstić information content (AvgIpc) is 2.91. The number of fused-ring (bicyclic) bond motifs is 1. The molecule has 1 unspecified atom stereocenters. The molecular weight excluding hydrogens is 298 g/mol. The van der Waals surface area contributed by atoms with E-state index >= 15 is 0 Å². The second-order valence-electron chi connectivity index (χ2n) is 5.90. The predicted octanol–water partition coefficient (Wildman–Crippen LogP) is 2.56. The summed E-state index contributed by atoms with van der Waals surface area (Å²) < 4.78 is 1.44. The van der Waals surface area contributed by atoms with Gasteiger partial charge in [0.05, 0.1) is 11.7 Å². The number of thiophene rings is 1. The number of piperidine rings is 1. The van der Waals surface area contributed by atoms with Crippen molar-refractivity contribution in [2.45, 2.75) is 52.1 Å². The Balaban J connectivity index is 1.84. The van der Waals surface area contributed by atoms with Crippen molar-refractivity contribution in [1.29, 1.82) is 0 Å². The lowest BCUT2D eigenvalue weighted by molar-refractivity contribution is -0.135. The van der Waals surface area contributed by atoms with Gasteiger partial charge in [-0.15, -0.1) is 11.3 Å². The molecule has 0 bridgehead atoms. The molecule has 1 aliphatic rings. The third-order valence-electron chi connectivity index (χ3n) is 4.37. The van der Waals surface area contributed by atoms with Crippen LogP contribution in [0.4, 0.5) is 0 Å². The molecule has 5 nitrogen and oxygen atoms in total. The molecule has 0 N–H and O–H groups in total. The van der Waals surface area contributed by atoms with Gasteiger partial charge in [0.1, 0.15) is 11.4 Å². The number of amides is 1. The maximum Gasteiger partial charge on any atom is 0.262 e. The number of hydrogen-bond acceptors (Lipinski definition) is 4. The van der Waals surface area contributed by atoms with Gasteiger partial charge >= 0.3 is 0 Å². The normalized spacial score (nSPS) is 18.8. The Morgan fingerprint density at radius 3 is 3.05 bits per heavy atom. The highest BCUT2D eigenvalue weighted by molar-refractivity contribution is 7.18. The van der Waals surface area contributed by atoms with Crippen molar-refractivity contribution in [2.24, 2.45) is 0 Å². The summed E-state index contributed by atoms with van der Waals surface area (Å²) in [5, 5.41) is 0.614. The number of nitrogens with zero attached hydrogens (tertiary/aromatic N) is 3. The van der Waals surface area contributed by atoms with E-state index in [1.54, 1.807) is 0 Å². The molecule has 22 heavy (non-hydrogen) atoms. The summed E-state index contributed by atoms with van der Waals surface area (Å²) in [5.74, 6) is 0.0294. The zero-order valence-electron chi connectivity index (χ0n) is 13.0. The van der Waals surface area contributed by atoms with E-state index in [-0.39, 0.29) is 18.0 Å². The summed E-state index contributed by atoms with van der Waals surface area (Å²) in [6.45, 7) is 4.97. The van der Waals surface area contributed by atoms with Crippen LogP contribution in [0.25, 0.3) is 10.2 Å². The Bertz CT molecular complexity index is 749.